The number of Topliss-reactive ketones (excluding diaryl/α,β-unsaturated/α-hetero) is 1. The van der Waals surface area contributed by atoms with Gasteiger partial charge in [-0.25, -0.2) is 4.79 Å². The van der Waals surface area contributed by atoms with Crippen LogP contribution in [-0.4, -0.2) is 58.6 Å². The third kappa shape index (κ3) is 8.61. The van der Waals surface area contributed by atoms with Crippen molar-refractivity contribution in [3.05, 3.63) is 71.1 Å². The van der Waals surface area contributed by atoms with Gasteiger partial charge in [0.1, 0.15) is 6.10 Å². The van der Waals surface area contributed by atoms with Gasteiger partial charge in [0, 0.05) is 30.0 Å². The summed E-state index contributed by atoms with van der Waals surface area (Å²) in [6.45, 7) is 14.3. The number of primary amides is 1. The maximum absolute atomic E-state index is 13.5. The summed E-state index contributed by atoms with van der Waals surface area (Å²) < 4.78 is 5.38. The number of ketones is 2. The minimum absolute atomic E-state index is 0.0528. The number of aliphatic hydroxyl groups excluding tert-OH is 2. The monoisotopic (exact) mass is 569 g/mol. The van der Waals surface area contributed by atoms with Gasteiger partial charge in [-0.15, -0.1) is 6.58 Å². The summed E-state index contributed by atoms with van der Waals surface area (Å²) in [6, 6.07) is 0. The summed E-state index contributed by atoms with van der Waals surface area (Å²) in [5, 5.41) is 27.8. The molecule has 2 amide bonds. The second kappa shape index (κ2) is 14.7. The molecule has 0 fully saturated rings. The lowest BCUT2D eigenvalue weighted by Gasteiger charge is -2.31. The van der Waals surface area contributed by atoms with Gasteiger partial charge in [-0.2, -0.15) is 0 Å². The Morgan fingerprint density at radius 3 is 2.41 bits per heavy atom. The molecule has 0 aromatic carbocycles. The van der Waals surface area contributed by atoms with Gasteiger partial charge in [0.15, 0.2) is 0 Å². The van der Waals surface area contributed by atoms with E-state index in [-0.39, 0.29) is 46.8 Å². The van der Waals surface area contributed by atoms with Crippen molar-refractivity contribution in [3.63, 3.8) is 0 Å². The molecule has 2 bridgehead atoms. The Hall–Kier alpha value is -3.76. The average molecular weight is 570 g/mol. The molecule has 224 valence electrons. The quantitative estimate of drug-likeness (QED) is 0.254. The highest BCUT2D eigenvalue weighted by Crippen LogP contribution is 2.30. The fourth-order valence-corrected chi connectivity index (χ4v) is 5.17. The van der Waals surface area contributed by atoms with Crippen molar-refractivity contribution in [2.24, 2.45) is 29.4 Å². The molecule has 6 N–H and O–H groups in total. The van der Waals surface area contributed by atoms with Crippen molar-refractivity contribution in [2.75, 3.05) is 6.54 Å². The van der Waals surface area contributed by atoms with Crippen LogP contribution < -0.4 is 16.4 Å². The third-order valence-corrected chi connectivity index (χ3v) is 7.47. The van der Waals surface area contributed by atoms with Crippen molar-refractivity contribution < 1.29 is 34.1 Å². The zero-order chi connectivity index (χ0) is 31.0. The highest BCUT2D eigenvalue weighted by atomic mass is 16.6. The molecule has 10 nitrogen and oxygen atoms in total. The smallest absolute Gasteiger partial charge is 0.405 e. The summed E-state index contributed by atoms with van der Waals surface area (Å²) >= 11 is 0. The molecule has 0 radical (unpaired) electrons. The van der Waals surface area contributed by atoms with Gasteiger partial charge < -0.3 is 31.3 Å². The molecule has 7 atom stereocenters. The van der Waals surface area contributed by atoms with E-state index in [9.17, 15) is 29.4 Å². The van der Waals surface area contributed by atoms with Gasteiger partial charge in [0.05, 0.1) is 29.2 Å². The zero-order valence-corrected chi connectivity index (χ0v) is 24.6. The molecule has 1 heterocycles. The fraction of sp³-hybridized carbons (Fsp3) is 0.484. The predicted molar refractivity (Wildman–Crippen MR) is 156 cm³/mol. The van der Waals surface area contributed by atoms with Crippen molar-refractivity contribution in [2.45, 2.75) is 66.3 Å². The highest BCUT2D eigenvalue weighted by molar-refractivity contribution is 6.24. The number of carbonyl (C=O) groups is 4. The third-order valence-electron chi connectivity index (χ3n) is 7.47. The van der Waals surface area contributed by atoms with Crippen LogP contribution in [0.3, 0.4) is 0 Å². The number of nitrogens with one attached hydrogen (secondary N) is 2. The molecule has 2 rings (SSSR count). The van der Waals surface area contributed by atoms with E-state index in [2.05, 4.69) is 17.2 Å². The first kappa shape index (κ1) is 33.4. The number of aliphatic hydroxyl groups is 2. The minimum Gasteiger partial charge on any atom is -0.441 e. The van der Waals surface area contributed by atoms with Crippen LogP contribution in [0.25, 0.3) is 0 Å². The van der Waals surface area contributed by atoms with Crippen LogP contribution in [-0.2, 0) is 19.1 Å². The molecule has 10 heteroatoms. The summed E-state index contributed by atoms with van der Waals surface area (Å²) in [4.78, 5) is 51.1. The standard InChI is InChI=1S/C31H43N3O7/c1-8-12-33-25-23(35)15-22-28(38)24(25)27(37)20(6)13-18(4)26(36)19(5)14-21(7)29(41-31(32)40)16(2)10-9-11-17(3)30(39)34-22/h8-11,14-16,18-20,26-27,29,33,36-37H,1,12-13H2,2-7H3,(H2,32,40)(H,34,39)/b10-9-,17-11-,21-14-. The number of rotatable bonds is 4. The van der Waals surface area contributed by atoms with Crippen LogP contribution in [0, 0.1) is 23.7 Å². The van der Waals surface area contributed by atoms with Crippen LogP contribution in [0.2, 0.25) is 0 Å². The highest BCUT2D eigenvalue weighted by Gasteiger charge is 2.37. The largest absolute Gasteiger partial charge is 0.441 e. The van der Waals surface area contributed by atoms with E-state index in [4.69, 9.17) is 10.5 Å². The Bertz CT molecular complexity index is 1210. The summed E-state index contributed by atoms with van der Waals surface area (Å²) in [5.41, 5.74) is 5.82. The summed E-state index contributed by atoms with van der Waals surface area (Å²) in [6.07, 6.45) is 5.73. The van der Waals surface area contributed by atoms with Crippen molar-refractivity contribution in [1.29, 1.82) is 0 Å². The second-order valence-electron chi connectivity index (χ2n) is 11.0. The van der Waals surface area contributed by atoms with Crippen molar-refractivity contribution in [3.8, 4) is 0 Å². The molecule has 7 unspecified atom stereocenters. The van der Waals surface area contributed by atoms with E-state index >= 15 is 0 Å². The predicted octanol–water partition coefficient (Wildman–Crippen LogP) is 2.75. The van der Waals surface area contributed by atoms with E-state index in [1.807, 2.05) is 26.8 Å². The molecule has 0 aromatic rings. The normalized spacial score (nSPS) is 33.9. The first-order chi connectivity index (χ1) is 19.2. The maximum atomic E-state index is 13.5. The Morgan fingerprint density at radius 2 is 1.80 bits per heavy atom. The molecule has 0 spiro atoms. The van der Waals surface area contributed by atoms with Crippen LogP contribution in [0.5, 0.6) is 0 Å². The van der Waals surface area contributed by atoms with Gasteiger partial charge in [-0.3, -0.25) is 14.4 Å². The number of hydrogen-bond donors (Lipinski definition) is 5. The zero-order valence-electron chi connectivity index (χ0n) is 24.6. The number of ether oxygens (including phenoxy) is 1. The van der Waals surface area contributed by atoms with E-state index in [0.29, 0.717) is 12.0 Å². The minimum atomic E-state index is -1.36. The Labute approximate surface area is 241 Å². The molecular formula is C31H43N3O7. The fourth-order valence-electron chi connectivity index (χ4n) is 5.17. The molecule has 2 aliphatic rings. The van der Waals surface area contributed by atoms with Crippen LogP contribution in [0.15, 0.2) is 71.1 Å². The molecule has 0 aromatic heterocycles. The number of nitrogens with two attached hydrogens (primary N) is 1. The first-order valence-corrected chi connectivity index (χ1v) is 13.8. The number of carbonyl (C=O) groups excluding carboxylic acids is 4. The molecule has 0 saturated carbocycles. The lowest BCUT2D eigenvalue weighted by Crippen LogP contribution is -2.41. The number of fused-ring (bicyclic) bond motifs is 2. The van der Waals surface area contributed by atoms with Gasteiger partial charge in [-0.1, -0.05) is 58.1 Å². The van der Waals surface area contributed by atoms with Gasteiger partial charge in [-0.05, 0) is 37.7 Å². The van der Waals surface area contributed by atoms with Crippen molar-refractivity contribution in [1.82, 2.24) is 10.6 Å². The number of hydrogen-bond acceptors (Lipinski definition) is 8. The molecule has 0 saturated heterocycles. The Balaban J connectivity index is 2.61. The Morgan fingerprint density at radius 1 is 1.15 bits per heavy atom. The molecule has 1 aliphatic heterocycles. The van der Waals surface area contributed by atoms with Crippen LogP contribution in [0.1, 0.15) is 48.0 Å². The SMILES string of the molecule is C=CCNC1=C2C(=O)C(=CC1=O)NC(=O)/C(C)=C\C=C/C(C)C(OC(N)=O)/C(C)=C\C(C)C(O)C(C)CC(C)C2O. The summed E-state index contributed by atoms with van der Waals surface area (Å²) in [7, 11) is 0. The van der Waals surface area contributed by atoms with Crippen LogP contribution in [0.4, 0.5) is 4.79 Å². The van der Waals surface area contributed by atoms with Crippen molar-refractivity contribution >= 4 is 23.6 Å². The molecular weight excluding hydrogens is 526 g/mol. The Kier molecular flexibility index (Phi) is 12.0. The second-order valence-corrected chi connectivity index (χ2v) is 11.0. The molecule has 1 aliphatic carbocycles. The maximum Gasteiger partial charge on any atom is 0.405 e. The van der Waals surface area contributed by atoms with E-state index in [0.717, 1.165) is 6.08 Å². The average Bonchev–Trinajstić information content (AvgIpc) is 2.90. The number of allylic oxidation sites excluding steroid dienone is 4. The lowest BCUT2D eigenvalue weighted by molar-refractivity contribution is -0.120. The topological polar surface area (TPSA) is 168 Å². The van der Waals surface area contributed by atoms with E-state index in [1.165, 1.54) is 12.2 Å². The van der Waals surface area contributed by atoms with Gasteiger partial charge in [0.2, 0.25) is 11.6 Å². The first-order valence-electron chi connectivity index (χ1n) is 13.8. The van der Waals surface area contributed by atoms with Crippen LogP contribution >= 0.6 is 0 Å². The van der Waals surface area contributed by atoms with E-state index in [1.54, 1.807) is 32.9 Å². The summed E-state index contributed by atoms with van der Waals surface area (Å²) in [5.74, 6) is -3.40. The van der Waals surface area contributed by atoms with Gasteiger partial charge >= 0.3 is 6.09 Å². The lowest BCUT2D eigenvalue weighted by atomic mass is 9.80. The molecule has 41 heavy (non-hydrogen) atoms. The number of amides is 2. The van der Waals surface area contributed by atoms with Gasteiger partial charge in [0.25, 0.3) is 5.91 Å². The van der Waals surface area contributed by atoms with E-state index < -0.39 is 47.8 Å².